The Kier molecular flexibility index (Phi) is 4.38. The van der Waals surface area contributed by atoms with Crippen LogP contribution in [0.4, 0.5) is 17.5 Å². The van der Waals surface area contributed by atoms with Gasteiger partial charge in [-0.05, 0) is 18.2 Å². The van der Waals surface area contributed by atoms with Gasteiger partial charge in [0.15, 0.2) is 5.82 Å². The SMILES string of the molecule is Clc1ccc(Nc2nncc(N3CCOCC3)n2)cc1Cl. The maximum Gasteiger partial charge on any atom is 0.249 e. The lowest BCUT2D eigenvalue weighted by Gasteiger charge is -2.27. The summed E-state index contributed by atoms with van der Waals surface area (Å²) < 4.78 is 5.32. The minimum atomic E-state index is 0.414. The average Bonchev–Trinajstić information content (AvgIpc) is 2.52. The molecule has 0 aliphatic carbocycles. The van der Waals surface area contributed by atoms with Crippen molar-refractivity contribution in [2.24, 2.45) is 0 Å². The molecule has 0 saturated carbocycles. The van der Waals surface area contributed by atoms with Gasteiger partial charge in [-0.2, -0.15) is 10.1 Å². The molecule has 1 fully saturated rings. The second-order valence-electron chi connectivity index (χ2n) is 4.49. The van der Waals surface area contributed by atoms with Crippen LogP contribution in [0.15, 0.2) is 24.4 Å². The molecule has 2 aromatic rings. The third-order valence-electron chi connectivity index (χ3n) is 3.06. The van der Waals surface area contributed by atoms with Gasteiger partial charge < -0.3 is 15.0 Å². The summed E-state index contributed by atoms with van der Waals surface area (Å²) in [5.74, 6) is 1.19. The molecule has 1 saturated heterocycles. The minimum Gasteiger partial charge on any atom is -0.378 e. The van der Waals surface area contributed by atoms with Crippen LogP contribution in [0.1, 0.15) is 0 Å². The van der Waals surface area contributed by atoms with Gasteiger partial charge in [0.2, 0.25) is 5.95 Å². The lowest BCUT2D eigenvalue weighted by Crippen LogP contribution is -2.36. The number of nitrogens with one attached hydrogen (secondary N) is 1. The van der Waals surface area contributed by atoms with Gasteiger partial charge in [0.05, 0.1) is 29.5 Å². The van der Waals surface area contributed by atoms with Crippen LogP contribution in [0.25, 0.3) is 0 Å². The number of ether oxygens (including phenoxy) is 1. The number of benzene rings is 1. The Balaban J connectivity index is 1.77. The fourth-order valence-electron chi connectivity index (χ4n) is 2.00. The van der Waals surface area contributed by atoms with Crippen LogP contribution in [0.2, 0.25) is 10.0 Å². The second-order valence-corrected chi connectivity index (χ2v) is 5.31. The first-order valence-corrected chi connectivity index (χ1v) is 7.22. The molecule has 6 nitrogen and oxygen atoms in total. The number of halogens is 2. The first-order valence-electron chi connectivity index (χ1n) is 6.47. The van der Waals surface area contributed by atoms with E-state index in [4.69, 9.17) is 27.9 Å². The summed E-state index contributed by atoms with van der Waals surface area (Å²) >= 11 is 11.9. The van der Waals surface area contributed by atoms with Gasteiger partial charge in [0.1, 0.15) is 0 Å². The van der Waals surface area contributed by atoms with Crippen molar-refractivity contribution in [2.75, 3.05) is 36.5 Å². The molecule has 0 atom stereocenters. The Morgan fingerprint density at radius 2 is 1.95 bits per heavy atom. The van der Waals surface area contributed by atoms with Crippen molar-refractivity contribution in [1.82, 2.24) is 15.2 Å². The highest BCUT2D eigenvalue weighted by atomic mass is 35.5. The van der Waals surface area contributed by atoms with Crippen molar-refractivity contribution >= 4 is 40.7 Å². The predicted molar refractivity (Wildman–Crippen MR) is 82.6 cm³/mol. The number of hydrogen-bond donors (Lipinski definition) is 1. The molecule has 0 bridgehead atoms. The van der Waals surface area contributed by atoms with Crippen LogP contribution < -0.4 is 10.2 Å². The van der Waals surface area contributed by atoms with Crippen LogP contribution >= 0.6 is 23.2 Å². The molecule has 110 valence electrons. The zero-order chi connectivity index (χ0) is 14.7. The molecule has 0 unspecified atom stereocenters. The van der Waals surface area contributed by atoms with E-state index in [0.717, 1.165) is 24.6 Å². The standard InChI is InChI=1S/C13H13Cl2N5O/c14-10-2-1-9(7-11(10)15)17-13-18-12(8-16-19-13)20-3-5-21-6-4-20/h1-2,7-8H,3-6H2,(H,17,18,19). The normalized spacial score (nSPS) is 15.0. The largest absolute Gasteiger partial charge is 0.378 e. The summed E-state index contributed by atoms with van der Waals surface area (Å²) in [6, 6.07) is 5.24. The summed E-state index contributed by atoms with van der Waals surface area (Å²) in [4.78, 5) is 6.56. The predicted octanol–water partition coefficient (Wildman–Crippen LogP) is 2.76. The first kappa shape index (κ1) is 14.3. The maximum absolute atomic E-state index is 5.98. The van der Waals surface area contributed by atoms with Crippen molar-refractivity contribution in [3.05, 3.63) is 34.4 Å². The van der Waals surface area contributed by atoms with Gasteiger partial charge in [-0.25, -0.2) is 0 Å². The van der Waals surface area contributed by atoms with E-state index in [9.17, 15) is 0 Å². The van der Waals surface area contributed by atoms with E-state index in [1.165, 1.54) is 0 Å². The van der Waals surface area contributed by atoms with E-state index in [1.54, 1.807) is 24.4 Å². The molecule has 0 spiro atoms. The number of aromatic nitrogens is 3. The van der Waals surface area contributed by atoms with Gasteiger partial charge in [-0.3, -0.25) is 0 Å². The fourth-order valence-corrected chi connectivity index (χ4v) is 2.29. The quantitative estimate of drug-likeness (QED) is 0.936. The highest BCUT2D eigenvalue weighted by Crippen LogP contribution is 2.26. The third-order valence-corrected chi connectivity index (χ3v) is 3.80. The molecule has 0 amide bonds. The molecular weight excluding hydrogens is 313 g/mol. The molecule has 1 aromatic heterocycles. The van der Waals surface area contributed by atoms with Crippen molar-refractivity contribution in [3.63, 3.8) is 0 Å². The van der Waals surface area contributed by atoms with Gasteiger partial charge >= 0.3 is 0 Å². The number of rotatable bonds is 3. The van der Waals surface area contributed by atoms with E-state index in [2.05, 4.69) is 25.4 Å². The van der Waals surface area contributed by atoms with E-state index in [0.29, 0.717) is 29.2 Å². The molecule has 1 aliphatic rings. The smallest absolute Gasteiger partial charge is 0.249 e. The van der Waals surface area contributed by atoms with Crippen molar-refractivity contribution in [3.8, 4) is 0 Å². The van der Waals surface area contributed by atoms with Gasteiger partial charge in [0.25, 0.3) is 0 Å². The second kappa shape index (κ2) is 6.43. The molecule has 2 heterocycles. The van der Waals surface area contributed by atoms with Crippen LogP contribution in [-0.4, -0.2) is 41.5 Å². The molecular formula is C13H13Cl2N5O. The van der Waals surface area contributed by atoms with E-state index >= 15 is 0 Å². The van der Waals surface area contributed by atoms with Crippen LogP contribution in [0.5, 0.6) is 0 Å². The zero-order valence-electron chi connectivity index (χ0n) is 11.1. The molecule has 1 aromatic carbocycles. The Bertz CT molecular complexity index is 634. The fraction of sp³-hybridized carbons (Fsp3) is 0.308. The number of morpholine rings is 1. The van der Waals surface area contributed by atoms with Crippen LogP contribution in [0.3, 0.4) is 0 Å². The summed E-state index contributed by atoms with van der Waals surface area (Å²) in [6.45, 7) is 2.98. The Hall–Kier alpha value is -1.63. The zero-order valence-corrected chi connectivity index (χ0v) is 12.6. The summed E-state index contributed by atoms with van der Waals surface area (Å²) in [5.41, 5.74) is 0.755. The number of anilines is 3. The highest BCUT2D eigenvalue weighted by molar-refractivity contribution is 6.42. The first-order chi connectivity index (χ1) is 10.2. The van der Waals surface area contributed by atoms with Crippen molar-refractivity contribution in [1.29, 1.82) is 0 Å². The Labute approximate surface area is 132 Å². The molecule has 0 radical (unpaired) electrons. The molecule has 1 N–H and O–H groups in total. The molecule has 8 heteroatoms. The topological polar surface area (TPSA) is 63.2 Å². The van der Waals surface area contributed by atoms with Crippen LogP contribution in [-0.2, 0) is 4.74 Å². The summed E-state index contributed by atoms with van der Waals surface area (Å²) in [5, 5.41) is 12.0. The maximum atomic E-state index is 5.98. The van der Waals surface area contributed by atoms with Crippen molar-refractivity contribution < 1.29 is 4.74 Å². The lowest BCUT2D eigenvalue weighted by atomic mass is 10.3. The monoisotopic (exact) mass is 325 g/mol. The lowest BCUT2D eigenvalue weighted by molar-refractivity contribution is 0.122. The average molecular weight is 326 g/mol. The van der Waals surface area contributed by atoms with Gasteiger partial charge in [0, 0.05) is 18.8 Å². The van der Waals surface area contributed by atoms with E-state index in [1.807, 2.05) is 0 Å². The van der Waals surface area contributed by atoms with E-state index < -0.39 is 0 Å². The summed E-state index contributed by atoms with van der Waals surface area (Å²) in [6.07, 6.45) is 1.64. The van der Waals surface area contributed by atoms with Gasteiger partial charge in [-0.15, -0.1) is 5.10 Å². The number of hydrogen-bond acceptors (Lipinski definition) is 6. The Morgan fingerprint density at radius 1 is 1.14 bits per heavy atom. The number of nitrogens with zero attached hydrogens (tertiary/aromatic N) is 4. The molecule has 1 aliphatic heterocycles. The Morgan fingerprint density at radius 3 is 2.71 bits per heavy atom. The summed E-state index contributed by atoms with van der Waals surface area (Å²) in [7, 11) is 0. The van der Waals surface area contributed by atoms with Gasteiger partial charge in [-0.1, -0.05) is 23.2 Å². The van der Waals surface area contributed by atoms with Crippen LogP contribution in [0, 0.1) is 0 Å². The molecule has 3 rings (SSSR count). The van der Waals surface area contributed by atoms with E-state index in [-0.39, 0.29) is 0 Å². The minimum absolute atomic E-state index is 0.414. The third kappa shape index (κ3) is 3.53. The highest BCUT2D eigenvalue weighted by Gasteiger charge is 2.13. The molecule has 21 heavy (non-hydrogen) atoms. The van der Waals surface area contributed by atoms with Crippen molar-refractivity contribution in [2.45, 2.75) is 0 Å².